The van der Waals surface area contributed by atoms with Crippen LogP contribution in [0.25, 0.3) is 10.9 Å². The maximum Gasteiger partial charge on any atom is 0.129 e. The van der Waals surface area contributed by atoms with Gasteiger partial charge in [0.2, 0.25) is 0 Å². The van der Waals surface area contributed by atoms with Crippen LogP contribution in [0.2, 0.25) is 0 Å². The molecule has 0 amide bonds. The van der Waals surface area contributed by atoms with Crippen LogP contribution in [0, 0.1) is 0 Å². The Morgan fingerprint density at radius 2 is 2.21 bits per heavy atom. The topological polar surface area (TPSA) is 64.9 Å². The lowest BCUT2D eigenvalue weighted by atomic mass is 10.1. The number of nitrogens with zero attached hydrogens (tertiary/aromatic N) is 4. The summed E-state index contributed by atoms with van der Waals surface area (Å²) in [7, 11) is 0. The fourth-order valence-electron chi connectivity index (χ4n) is 3.11. The third-order valence-corrected chi connectivity index (χ3v) is 4.44. The molecule has 4 rings (SSSR count). The Morgan fingerprint density at radius 3 is 3.12 bits per heavy atom. The average Bonchev–Trinajstić information content (AvgIpc) is 3.29. The van der Waals surface area contributed by atoms with Crippen LogP contribution in [0.3, 0.4) is 0 Å². The van der Waals surface area contributed by atoms with Gasteiger partial charge in [0.1, 0.15) is 12.1 Å². The summed E-state index contributed by atoms with van der Waals surface area (Å²) < 4.78 is 7.49. The van der Waals surface area contributed by atoms with E-state index in [1.165, 1.54) is 10.9 Å². The molecule has 0 saturated carbocycles. The largest absolute Gasteiger partial charge is 0.381 e. The number of rotatable bonds is 6. The molecular weight excluding hydrogens is 302 g/mol. The van der Waals surface area contributed by atoms with Gasteiger partial charge in [0.05, 0.1) is 24.0 Å². The van der Waals surface area contributed by atoms with Crippen LogP contribution in [-0.4, -0.2) is 39.5 Å². The number of para-hydroxylation sites is 1. The van der Waals surface area contributed by atoms with Gasteiger partial charge in [-0.15, -0.1) is 0 Å². The molecule has 0 spiro atoms. The van der Waals surface area contributed by atoms with Crippen molar-refractivity contribution in [3.8, 4) is 0 Å². The highest BCUT2D eigenvalue weighted by Crippen LogP contribution is 2.24. The van der Waals surface area contributed by atoms with E-state index in [2.05, 4.69) is 37.2 Å². The maximum atomic E-state index is 5.44. The van der Waals surface area contributed by atoms with Gasteiger partial charge in [-0.25, -0.2) is 9.97 Å². The van der Waals surface area contributed by atoms with Crippen molar-refractivity contribution in [3.05, 3.63) is 48.5 Å². The quantitative estimate of drug-likeness (QED) is 0.707. The van der Waals surface area contributed by atoms with E-state index in [4.69, 9.17) is 4.74 Å². The highest BCUT2D eigenvalue weighted by Gasteiger charge is 2.19. The summed E-state index contributed by atoms with van der Waals surface area (Å²) in [6, 6.07) is 10.3. The second-order valence-corrected chi connectivity index (χ2v) is 6.10. The van der Waals surface area contributed by atoms with Gasteiger partial charge >= 0.3 is 0 Å². The molecule has 6 nitrogen and oxygen atoms in total. The Hall–Kier alpha value is -2.47. The first-order chi connectivity index (χ1) is 11.9. The summed E-state index contributed by atoms with van der Waals surface area (Å²) in [6.45, 7) is 3.33. The summed E-state index contributed by atoms with van der Waals surface area (Å²) in [5.41, 5.74) is 2.26. The zero-order chi connectivity index (χ0) is 16.2. The molecule has 0 radical (unpaired) electrons. The molecule has 1 atom stereocenters. The molecule has 24 heavy (non-hydrogen) atoms. The van der Waals surface area contributed by atoms with Gasteiger partial charge in [0, 0.05) is 37.1 Å². The monoisotopic (exact) mass is 323 g/mol. The summed E-state index contributed by atoms with van der Waals surface area (Å²) in [5, 5.41) is 9.03. The Bertz CT molecular complexity index is 810. The average molecular weight is 323 g/mol. The van der Waals surface area contributed by atoms with Crippen molar-refractivity contribution >= 4 is 16.7 Å². The molecule has 0 bridgehead atoms. The van der Waals surface area contributed by atoms with Crippen molar-refractivity contribution < 1.29 is 4.74 Å². The molecule has 2 aromatic heterocycles. The predicted octanol–water partition coefficient (Wildman–Crippen LogP) is 2.83. The molecule has 1 fully saturated rings. The fourth-order valence-corrected chi connectivity index (χ4v) is 3.11. The number of ether oxygens (including phenoxy) is 1. The van der Waals surface area contributed by atoms with Gasteiger partial charge in [-0.05, 0) is 18.9 Å². The van der Waals surface area contributed by atoms with Crippen molar-refractivity contribution in [2.45, 2.75) is 25.3 Å². The van der Waals surface area contributed by atoms with E-state index in [0.29, 0.717) is 5.92 Å². The van der Waals surface area contributed by atoms with Gasteiger partial charge < -0.3 is 10.1 Å². The normalized spacial score (nSPS) is 17.4. The highest BCUT2D eigenvalue weighted by atomic mass is 16.5. The van der Waals surface area contributed by atoms with Crippen LogP contribution in [0.1, 0.15) is 24.5 Å². The highest BCUT2D eigenvalue weighted by molar-refractivity contribution is 5.78. The number of hydrogen-bond donors (Lipinski definition) is 1. The Morgan fingerprint density at radius 1 is 1.25 bits per heavy atom. The van der Waals surface area contributed by atoms with Crippen molar-refractivity contribution in [2.24, 2.45) is 0 Å². The molecule has 3 heterocycles. The second-order valence-electron chi connectivity index (χ2n) is 6.10. The first-order valence-electron chi connectivity index (χ1n) is 8.44. The minimum Gasteiger partial charge on any atom is -0.381 e. The van der Waals surface area contributed by atoms with E-state index in [0.717, 1.165) is 50.7 Å². The lowest BCUT2D eigenvalue weighted by Gasteiger charge is -2.10. The van der Waals surface area contributed by atoms with Crippen LogP contribution in [0.4, 0.5) is 5.82 Å². The van der Waals surface area contributed by atoms with Gasteiger partial charge in [-0.1, -0.05) is 18.2 Å². The Labute approximate surface area is 140 Å². The molecule has 1 saturated heterocycles. The van der Waals surface area contributed by atoms with Gasteiger partial charge in [0.25, 0.3) is 0 Å². The number of nitrogens with one attached hydrogen (secondary N) is 1. The molecule has 1 aliphatic rings. The van der Waals surface area contributed by atoms with Crippen molar-refractivity contribution in [3.63, 3.8) is 0 Å². The summed E-state index contributed by atoms with van der Waals surface area (Å²) >= 11 is 0. The SMILES string of the molecule is c1ccc2c(c1)cnn2CCCNc1cc(C2CCOC2)ncn1. The molecule has 3 aromatic rings. The van der Waals surface area contributed by atoms with Gasteiger partial charge in [-0.2, -0.15) is 5.10 Å². The molecule has 1 aromatic carbocycles. The van der Waals surface area contributed by atoms with Gasteiger partial charge in [0.15, 0.2) is 0 Å². The van der Waals surface area contributed by atoms with Crippen molar-refractivity contribution in [1.29, 1.82) is 0 Å². The third kappa shape index (κ3) is 3.23. The van der Waals surface area contributed by atoms with Crippen molar-refractivity contribution in [1.82, 2.24) is 19.7 Å². The van der Waals surface area contributed by atoms with E-state index in [-0.39, 0.29) is 0 Å². The summed E-state index contributed by atoms with van der Waals surface area (Å²) in [6.07, 6.45) is 5.58. The minimum absolute atomic E-state index is 0.406. The molecular formula is C18H21N5O. The molecule has 1 unspecified atom stereocenters. The number of hydrogen-bond acceptors (Lipinski definition) is 5. The van der Waals surface area contributed by atoms with E-state index in [9.17, 15) is 0 Å². The molecule has 0 aliphatic carbocycles. The molecule has 1 aliphatic heterocycles. The van der Waals surface area contributed by atoms with E-state index < -0.39 is 0 Å². The van der Waals surface area contributed by atoms with E-state index in [1.54, 1.807) is 6.33 Å². The molecule has 6 heteroatoms. The predicted molar refractivity (Wildman–Crippen MR) is 93.0 cm³/mol. The fraction of sp³-hybridized carbons (Fsp3) is 0.389. The number of benzene rings is 1. The zero-order valence-electron chi connectivity index (χ0n) is 13.6. The molecule has 124 valence electrons. The smallest absolute Gasteiger partial charge is 0.129 e. The summed E-state index contributed by atoms with van der Waals surface area (Å²) in [4.78, 5) is 8.69. The first kappa shape index (κ1) is 15.1. The first-order valence-corrected chi connectivity index (χ1v) is 8.44. The van der Waals surface area contributed by atoms with Crippen LogP contribution >= 0.6 is 0 Å². The lowest BCUT2D eigenvalue weighted by Crippen LogP contribution is -2.10. The number of aromatic nitrogens is 4. The minimum atomic E-state index is 0.406. The van der Waals surface area contributed by atoms with Gasteiger partial charge in [-0.3, -0.25) is 4.68 Å². The van der Waals surface area contributed by atoms with Crippen LogP contribution in [0.5, 0.6) is 0 Å². The van der Waals surface area contributed by atoms with Crippen molar-refractivity contribution in [2.75, 3.05) is 25.1 Å². The van der Waals surface area contributed by atoms with Crippen LogP contribution in [0.15, 0.2) is 42.9 Å². The van der Waals surface area contributed by atoms with E-state index >= 15 is 0 Å². The second kappa shape index (κ2) is 6.97. The number of anilines is 1. The Balaban J connectivity index is 1.32. The van der Waals surface area contributed by atoms with Crippen LogP contribution < -0.4 is 5.32 Å². The zero-order valence-corrected chi connectivity index (χ0v) is 13.6. The lowest BCUT2D eigenvalue weighted by molar-refractivity contribution is 0.193. The molecule has 1 N–H and O–H groups in total. The maximum absolute atomic E-state index is 5.44. The number of fused-ring (bicyclic) bond motifs is 1. The Kier molecular flexibility index (Phi) is 4.38. The number of aryl methyl sites for hydroxylation is 1. The standard InChI is InChI=1S/C18H21N5O/c1-2-5-17-14(4-1)11-22-23(17)8-3-7-19-18-10-16(20-13-21-18)15-6-9-24-12-15/h1-2,4-5,10-11,13,15H,3,6-9,12H2,(H,19,20,21). The summed E-state index contributed by atoms with van der Waals surface area (Å²) in [5.74, 6) is 1.29. The third-order valence-electron chi connectivity index (χ3n) is 4.44. The van der Waals surface area contributed by atoms with Crippen LogP contribution in [-0.2, 0) is 11.3 Å². The van der Waals surface area contributed by atoms with E-state index in [1.807, 2.05) is 24.4 Å².